The summed E-state index contributed by atoms with van der Waals surface area (Å²) in [7, 11) is 0. The zero-order valence-electron chi connectivity index (χ0n) is 11.1. The Hall–Kier alpha value is -1.10. The molecule has 100 valence electrons. The summed E-state index contributed by atoms with van der Waals surface area (Å²) in [5.41, 5.74) is 1.22. The normalized spacial score (nSPS) is 18.6. The van der Waals surface area contributed by atoms with Gasteiger partial charge in [-0.2, -0.15) is 0 Å². The molecule has 0 spiro atoms. The quantitative estimate of drug-likeness (QED) is 0.579. The molecule has 0 bridgehead atoms. The van der Waals surface area contributed by atoms with E-state index in [4.69, 9.17) is 4.74 Å². The van der Waals surface area contributed by atoms with E-state index in [1.54, 1.807) is 0 Å². The number of aliphatic hydroxyl groups excluding tert-OH is 1. The lowest BCUT2D eigenvalue weighted by Crippen LogP contribution is -3.21. The first-order valence-corrected chi connectivity index (χ1v) is 6.77. The minimum Gasteiger partial charge on any atom is -0.491 e. The van der Waals surface area contributed by atoms with E-state index in [1.165, 1.54) is 23.6 Å². The first kappa shape index (κ1) is 13.3. The Morgan fingerprint density at radius 2 is 1.94 bits per heavy atom. The summed E-state index contributed by atoms with van der Waals surface area (Å²) in [6, 6.07) is 7.94. The van der Waals surface area contributed by atoms with Crippen LogP contribution in [0, 0.1) is 6.92 Å². The van der Waals surface area contributed by atoms with Crippen molar-refractivity contribution in [1.82, 2.24) is 0 Å². The molecule has 1 atom stereocenters. The Bertz CT molecular complexity index is 347. The molecular weight excluding hydrogens is 228 g/mol. The molecule has 4 nitrogen and oxygen atoms in total. The molecular formula is C14H24N2O2+2. The fraction of sp³-hybridized carbons (Fsp3) is 0.571. The summed E-state index contributed by atoms with van der Waals surface area (Å²) in [5, 5.41) is 12.3. The summed E-state index contributed by atoms with van der Waals surface area (Å²) in [5.74, 6) is 0.835. The molecule has 1 fully saturated rings. The highest BCUT2D eigenvalue weighted by molar-refractivity contribution is 5.26. The van der Waals surface area contributed by atoms with Gasteiger partial charge in [0.15, 0.2) is 0 Å². The Labute approximate surface area is 109 Å². The molecule has 18 heavy (non-hydrogen) atoms. The van der Waals surface area contributed by atoms with Crippen molar-refractivity contribution in [2.75, 3.05) is 39.3 Å². The van der Waals surface area contributed by atoms with Crippen molar-refractivity contribution in [3.8, 4) is 5.75 Å². The maximum absolute atomic E-state index is 9.96. The van der Waals surface area contributed by atoms with Crippen LogP contribution in [-0.4, -0.2) is 50.5 Å². The van der Waals surface area contributed by atoms with Crippen LogP contribution in [0.15, 0.2) is 24.3 Å². The van der Waals surface area contributed by atoms with Crippen LogP contribution in [-0.2, 0) is 0 Å². The fourth-order valence-electron chi connectivity index (χ4n) is 2.30. The molecule has 1 aromatic carbocycles. The molecule has 1 aliphatic rings. The van der Waals surface area contributed by atoms with Crippen molar-refractivity contribution in [3.63, 3.8) is 0 Å². The van der Waals surface area contributed by atoms with Crippen LogP contribution in [0.3, 0.4) is 0 Å². The number of quaternary nitrogens is 2. The smallest absolute Gasteiger partial charge is 0.137 e. The van der Waals surface area contributed by atoms with Gasteiger partial charge in [-0.05, 0) is 19.1 Å². The number of piperazine rings is 1. The Morgan fingerprint density at radius 3 is 2.61 bits per heavy atom. The zero-order valence-corrected chi connectivity index (χ0v) is 11.1. The lowest BCUT2D eigenvalue weighted by Gasteiger charge is -2.24. The van der Waals surface area contributed by atoms with Gasteiger partial charge in [0.25, 0.3) is 0 Å². The summed E-state index contributed by atoms with van der Waals surface area (Å²) < 4.78 is 5.59. The number of aliphatic hydroxyl groups is 1. The van der Waals surface area contributed by atoms with Crippen molar-refractivity contribution in [2.24, 2.45) is 0 Å². The molecule has 4 N–H and O–H groups in total. The highest BCUT2D eigenvalue weighted by atomic mass is 16.5. The first-order valence-electron chi connectivity index (χ1n) is 6.77. The zero-order chi connectivity index (χ0) is 12.8. The Balaban J connectivity index is 1.70. The summed E-state index contributed by atoms with van der Waals surface area (Å²) in [4.78, 5) is 1.48. The predicted molar refractivity (Wildman–Crippen MR) is 69.9 cm³/mol. The van der Waals surface area contributed by atoms with Crippen LogP contribution >= 0.6 is 0 Å². The Kier molecular flexibility index (Phi) is 4.99. The number of ether oxygens (including phenoxy) is 1. The van der Waals surface area contributed by atoms with E-state index in [9.17, 15) is 5.11 Å². The molecule has 1 aromatic rings. The highest BCUT2D eigenvalue weighted by Gasteiger charge is 2.19. The number of nitrogens with one attached hydrogen (secondary N) is 1. The van der Waals surface area contributed by atoms with E-state index in [-0.39, 0.29) is 6.10 Å². The standard InChI is InChI=1S/C14H22N2O2/c1-12-2-4-14(5-3-12)18-11-13(17)10-16-8-6-15-7-9-16/h2-5,13,15,17H,6-11H2,1H3/p+2/t13-/m1/s1. The number of aryl methyl sites for hydroxylation is 1. The summed E-state index contributed by atoms with van der Waals surface area (Å²) in [6.07, 6.45) is -0.376. The SMILES string of the molecule is Cc1ccc(OC[C@H](O)C[NH+]2CC[NH2+]CC2)cc1. The molecule has 0 amide bonds. The Morgan fingerprint density at radius 1 is 1.28 bits per heavy atom. The first-order chi connectivity index (χ1) is 8.74. The van der Waals surface area contributed by atoms with Gasteiger partial charge >= 0.3 is 0 Å². The van der Waals surface area contributed by atoms with Gasteiger partial charge in [-0.15, -0.1) is 0 Å². The highest BCUT2D eigenvalue weighted by Crippen LogP contribution is 2.11. The van der Waals surface area contributed by atoms with Crippen molar-refractivity contribution < 1.29 is 20.1 Å². The number of hydrogen-bond donors (Lipinski definition) is 3. The average Bonchev–Trinajstić information content (AvgIpc) is 2.39. The van der Waals surface area contributed by atoms with Crippen LogP contribution in [0.4, 0.5) is 0 Å². The molecule has 0 radical (unpaired) electrons. The minimum atomic E-state index is -0.376. The lowest BCUT2D eigenvalue weighted by atomic mass is 10.2. The molecule has 1 heterocycles. The van der Waals surface area contributed by atoms with Gasteiger partial charge in [-0.1, -0.05) is 17.7 Å². The van der Waals surface area contributed by atoms with E-state index in [1.807, 2.05) is 24.3 Å². The summed E-state index contributed by atoms with van der Waals surface area (Å²) in [6.45, 7) is 7.84. The van der Waals surface area contributed by atoms with Gasteiger partial charge in [0.1, 0.15) is 51.2 Å². The molecule has 0 saturated carbocycles. The largest absolute Gasteiger partial charge is 0.491 e. The van der Waals surface area contributed by atoms with Crippen LogP contribution in [0.1, 0.15) is 5.56 Å². The minimum absolute atomic E-state index is 0.376. The number of benzene rings is 1. The van der Waals surface area contributed by atoms with Gasteiger partial charge in [0.05, 0.1) is 0 Å². The predicted octanol–water partition coefficient (Wildman–Crippen LogP) is -1.80. The maximum Gasteiger partial charge on any atom is 0.137 e. The van der Waals surface area contributed by atoms with Crippen LogP contribution in [0.2, 0.25) is 0 Å². The van der Waals surface area contributed by atoms with Crippen LogP contribution < -0.4 is 15.0 Å². The van der Waals surface area contributed by atoms with E-state index in [0.29, 0.717) is 6.61 Å². The topological polar surface area (TPSA) is 50.5 Å². The van der Waals surface area contributed by atoms with Crippen molar-refractivity contribution in [3.05, 3.63) is 29.8 Å². The van der Waals surface area contributed by atoms with Crippen molar-refractivity contribution in [1.29, 1.82) is 0 Å². The van der Waals surface area contributed by atoms with E-state index < -0.39 is 0 Å². The second-order valence-corrected chi connectivity index (χ2v) is 5.10. The van der Waals surface area contributed by atoms with Crippen LogP contribution in [0.25, 0.3) is 0 Å². The fourth-order valence-corrected chi connectivity index (χ4v) is 2.30. The third-order valence-corrected chi connectivity index (χ3v) is 3.39. The molecule has 1 aliphatic heterocycles. The van der Waals surface area contributed by atoms with Gasteiger partial charge in [0.2, 0.25) is 0 Å². The third kappa shape index (κ3) is 4.29. The van der Waals surface area contributed by atoms with Crippen molar-refractivity contribution >= 4 is 0 Å². The van der Waals surface area contributed by atoms with Gasteiger partial charge in [0, 0.05) is 0 Å². The second-order valence-electron chi connectivity index (χ2n) is 5.10. The average molecular weight is 252 g/mol. The molecule has 0 unspecified atom stereocenters. The lowest BCUT2D eigenvalue weighted by molar-refractivity contribution is -0.949. The molecule has 4 heteroatoms. The molecule has 2 rings (SSSR count). The summed E-state index contributed by atoms with van der Waals surface area (Å²) >= 11 is 0. The van der Waals surface area contributed by atoms with Crippen LogP contribution in [0.5, 0.6) is 5.75 Å². The number of rotatable bonds is 5. The van der Waals surface area contributed by atoms with E-state index >= 15 is 0 Å². The van der Waals surface area contributed by atoms with Gasteiger partial charge in [-0.3, -0.25) is 0 Å². The monoisotopic (exact) mass is 252 g/mol. The number of hydrogen-bond acceptors (Lipinski definition) is 2. The molecule has 0 aliphatic carbocycles. The van der Waals surface area contributed by atoms with Gasteiger partial charge < -0.3 is 20.1 Å². The van der Waals surface area contributed by atoms with Crippen molar-refractivity contribution in [2.45, 2.75) is 13.0 Å². The molecule has 0 aromatic heterocycles. The number of nitrogens with two attached hydrogens (primary N) is 1. The third-order valence-electron chi connectivity index (χ3n) is 3.39. The van der Waals surface area contributed by atoms with Gasteiger partial charge in [-0.25, -0.2) is 0 Å². The van der Waals surface area contributed by atoms with E-state index in [2.05, 4.69) is 12.2 Å². The van der Waals surface area contributed by atoms with E-state index in [0.717, 1.165) is 25.4 Å². The maximum atomic E-state index is 9.96. The second kappa shape index (κ2) is 6.73. The molecule has 1 saturated heterocycles.